The molecule has 21 heavy (non-hydrogen) atoms. The number of methoxy groups -OCH3 is 1. The van der Waals surface area contributed by atoms with Crippen molar-refractivity contribution in [2.75, 3.05) is 20.2 Å². The highest BCUT2D eigenvalue weighted by atomic mass is 32.2. The Morgan fingerprint density at radius 3 is 2.29 bits per heavy atom. The first kappa shape index (κ1) is 15.6. The van der Waals surface area contributed by atoms with E-state index in [1.165, 1.54) is 25.3 Å². The van der Waals surface area contributed by atoms with Gasteiger partial charge in [0, 0.05) is 19.2 Å². The van der Waals surface area contributed by atoms with Crippen LogP contribution in [0.3, 0.4) is 0 Å². The fraction of sp³-hybridized carbons (Fsp3) is 0.400. The summed E-state index contributed by atoms with van der Waals surface area (Å²) in [6.07, 6.45) is 1.52. The zero-order chi connectivity index (χ0) is 15.6. The molecular formula is C15H19NO4S. The van der Waals surface area contributed by atoms with Gasteiger partial charge in [-0.05, 0) is 38.1 Å². The summed E-state index contributed by atoms with van der Waals surface area (Å²) < 4.78 is 29.8. The van der Waals surface area contributed by atoms with Crippen LogP contribution in [0.25, 0.3) is 0 Å². The highest BCUT2D eigenvalue weighted by Crippen LogP contribution is 2.25. The SMILES string of the molecule is COc1ccc(S(=O)(=O)C2CN(C(=O)C=C(C)C)C2)cc1. The van der Waals surface area contributed by atoms with Crippen LogP contribution >= 0.6 is 0 Å². The Kier molecular flexibility index (Phi) is 4.37. The molecule has 0 bridgehead atoms. The van der Waals surface area contributed by atoms with Crippen LogP contribution in [-0.4, -0.2) is 44.7 Å². The number of benzene rings is 1. The Morgan fingerprint density at radius 1 is 1.24 bits per heavy atom. The maximum absolute atomic E-state index is 12.4. The summed E-state index contributed by atoms with van der Waals surface area (Å²) in [6.45, 7) is 4.17. The first-order valence-electron chi connectivity index (χ1n) is 6.66. The van der Waals surface area contributed by atoms with E-state index in [2.05, 4.69) is 0 Å². The number of ether oxygens (including phenoxy) is 1. The normalized spacial score (nSPS) is 15.3. The summed E-state index contributed by atoms with van der Waals surface area (Å²) in [5, 5.41) is -0.527. The van der Waals surface area contributed by atoms with Gasteiger partial charge < -0.3 is 9.64 Å². The zero-order valence-electron chi connectivity index (χ0n) is 12.4. The largest absolute Gasteiger partial charge is 0.497 e. The second-order valence-electron chi connectivity index (χ2n) is 5.31. The molecule has 0 spiro atoms. The molecule has 1 saturated heterocycles. The lowest BCUT2D eigenvalue weighted by atomic mass is 10.2. The molecular weight excluding hydrogens is 290 g/mol. The predicted octanol–water partition coefficient (Wildman–Crippen LogP) is 1.65. The van der Waals surface area contributed by atoms with Crippen LogP contribution in [0.1, 0.15) is 13.8 Å². The molecule has 0 saturated carbocycles. The Balaban J connectivity index is 2.06. The van der Waals surface area contributed by atoms with Crippen molar-refractivity contribution in [3.63, 3.8) is 0 Å². The monoisotopic (exact) mass is 309 g/mol. The Morgan fingerprint density at radius 2 is 1.81 bits per heavy atom. The summed E-state index contributed by atoms with van der Waals surface area (Å²) in [4.78, 5) is 13.6. The van der Waals surface area contributed by atoms with E-state index in [1.807, 2.05) is 13.8 Å². The van der Waals surface area contributed by atoms with Crippen molar-refractivity contribution in [2.45, 2.75) is 24.0 Å². The zero-order valence-corrected chi connectivity index (χ0v) is 13.2. The van der Waals surface area contributed by atoms with E-state index in [9.17, 15) is 13.2 Å². The maximum atomic E-state index is 12.4. The number of rotatable bonds is 4. The summed E-state index contributed by atoms with van der Waals surface area (Å²) in [5.41, 5.74) is 0.904. The molecule has 0 atom stereocenters. The number of sulfone groups is 1. The van der Waals surface area contributed by atoms with Gasteiger partial charge in [0.15, 0.2) is 9.84 Å². The number of carbonyl (C=O) groups excluding carboxylic acids is 1. The van der Waals surface area contributed by atoms with Crippen LogP contribution in [0, 0.1) is 0 Å². The first-order valence-corrected chi connectivity index (χ1v) is 8.21. The van der Waals surface area contributed by atoms with Crippen molar-refractivity contribution in [3.8, 4) is 5.75 Å². The third kappa shape index (κ3) is 3.26. The highest BCUT2D eigenvalue weighted by molar-refractivity contribution is 7.92. The number of carbonyl (C=O) groups is 1. The van der Waals surface area contributed by atoms with Crippen molar-refractivity contribution in [1.82, 2.24) is 4.90 Å². The Labute approximate surface area is 125 Å². The maximum Gasteiger partial charge on any atom is 0.246 e. The lowest BCUT2D eigenvalue weighted by Crippen LogP contribution is -2.56. The highest BCUT2D eigenvalue weighted by Gasteiger charge is 2.39. The first-order chi connectivity index (χ1) is 9.84. The molecule has 1 aliphatic heterocycles. The topological polar surface area (TPSA) is 63.7 Å². The van der Waals surface area contributed by atoms with Gasteiger partial charge in [-0.15, -0.1) is 0 Å². The lowest BCUT2D eigenvalue weighted by Gasteiger charge is -2.38. The van der Waals surface area contributed by atoms with Gasteiger partial charge in [-0.2, -0.15) is 0 Å². The lowest BCUT2D eigenvalue weighted by molar-refractivity contribution is -0.129. The fourth-order valence-electron chi connectivity index (χ4n) is 2.11. The van der Waals surface area contributed by atoms with E-state index in [4.69, 9.17) is 4.74 Å². The quantitative estimate of drug-likeness (QED) is 0.793. The van der Waals surface area contributed by atoms with E-state index in [0.717, 1.165) is 5.57 Å². The van der Waals surface area contributed by atoms with Gasteiger partial charge in [-0.25, -0.2) is 8.42 Å². The fourth-order valence-corrected chi connectivity index (χ4v) is 3.76. The molecule has 0 N–H and O–H groups in total. The number of hydrogen-bond donors (Lipinski definition) is 0. The molecule has 1 heterocycles. The van der Waals surface area contributed by atoms with Gasteiger partial charge in [0.25, 0.3) is 0 Å². The van der Waals surface area contributed by atoms with E-state index in [0.29, 0.717) is 5.75 Å². The summed E-state index contributed by atoms with van der Waals surface area (Å²) in [6, 6.07) is 6.32. The molecule has 1 aliphatic rings. The van der Waals surface area contributed by atoms with Crippen LogP contribution in [0.2, 0.25) is 0 Å². The molecule has 1 amide bonds. The van der Waals surface area contributed by atoms with E-state index in [1.54, 1.807) is 17.0 Å². The molecule has 5 nitrogen and oxygen atoms in total. The number of hydrogen-bond acceptors (Lipinski definition) is 4. The summed E-state index contributed by atoms with van der Waals surface area (Å²) >= 11 is 0. The van der Waals surface area contributed by atoms with Crippen molar-refractivity contribution >= 4 is 15.7 Å². The minimum Gasteiger partial charge on any atom is -0.497 e. The summed E-state index contributed by atoms with van der Waals surface area (Å²) in [5.74, 6) is 0.485. The Hall–Kier alpha value is -1.82. The molecule has 0 unspecified atom stereocenters. The van der Waals surface area contributed by atoms with Gasteiger partial charge in [0.2, 0.25) is 5.91 Å². The van der Waals surface area contributed by atoms with E-state index in [-0.39, 0.29) is 23.9 Å². The van der Waals surface area contributed by atoms with Crippen molar-refractivity contribution in [2.24, 2.45) is 0 Å². The molecule has 1 aromatic rings. The van der Waals surface area contributed by atoms with Crippen LogP contribution < -0.4 is 4.74 Å². The van der Waals surface area contributed by atoms with E-state index >= 15 is 0 Å². The molecule has 0 radical (unpaired) electrons. The molecule has 6 heteroatoms. The standard InChI is InChI=1S/C15H19NO4S/c1-11(2)8-15(17)16-9-14(10-16)21(18,19)13-6-4-12(20-3)5-7-13/h4-8,14H,9-10H2,1-3H3. The molecule has 0 aliphatic carbocycles. The minimum atomic E-state index is -3.39. The number of nitrogens with zero attached hydrogens (tertiary/aromatic N) is 1. The average molecular weight is 309 g/mol. The minimum absolute atomic E-state index is 0.129. The van der Waals surface area contributed by atoms with Crippen LogP contribution in [0.4, 0.5) is 0 Å². The summed E-state index contributed by atoms with van der Waals surface area (Å²) in [7, 11) is -1.86. The van der Waals surface area contributed by atoms with Crippen molar-refractivity contribution in [1.29, 1.82) is 0 Å². The third-order valence-corrected chi connectivity index (χ3v) is 5.50. The molecule has 114 valence electrons. The van der Waals surface area contributed by atoms with Gasteiger partial charge >= 0.3 is 0 Å². The van der Waals surface area contributed by atoms with Gasteiger partial charge in [0.1, 0.15) is 11.0 Å². The van der Waals surface area contributed by atoms with Crippen LogP contribution in [0.5, 0.6) is 5.75 Å². The average Bonchev–Trinajstić information content (AvgIpc) is 2.35. The van der Waals surface area contributed by atoms with Gasteiger partial charge in [0.05, 0.1) is 12.0 Å². The van der Waals surface area contributed by atoms with Gasteiger partial charge in [-0.1, -0.05) is 5.57 Å². The van der Waals surface area contributed by atoms with Crippen molar-refractivity contribution in [3.05, 3.63) is 35.9 Å². The smallest absolute Gasteiger partial charge is 0.246 e. The number of allylic oxidation sites excluding steroid dienone is 1. The van der Waals surface area contributed by atoms with Crippen molar-refractivity contribution < 1.29 is 17.9 Å². The second kappa shape index (κ2) is 5.89. The Bertz CT molecular complexity index is 651. The molecule has 1 aromatic carbocycles. The molecule has 0 aromatic heterocycles. The van der Waals surface area contributed by atoms with Crippen LogP contribution in [-0.2, 0) is 14.6 Å². The number of likely N-dealkylation sites (tertiary alicyclic amines) is 1. The molecule has 2 rings (SSSR count). The van der Waals surface area contributed by atoms with E-state index < -0.39 is 15.1 Å². The van der Waals surface area contributed by atoms with Crippen LogP contribution in [0.15, 0.2) is 40.8 Å². The molecule has 1 fully saturated rings. The van der Waals surface area contributed by atoms with Gasteiger partial charge in [-0.3, -0.25) is 4.79 Å². The second-order valence-corrected chi connectivity index (χ2v) is 7.54. The predicted molar refractivity (Wildman–Crippen MR) is 80.0 cm³/mol. The third-order valence-electron chi connectivity index (χ3n) is 3.40. The number of amides is 1.